The fourth-order valence-electron chi connectivity index (χ4n) is 4.73. The minimum absolute atomic E-state index is 0.0631. The Labute approximate surface area is 140 Å². The molecule has 0 aromatic rings. The normalized spacial score (nSPS) is 37.3. The molecule has 2 saturated heterocycles. The van der Waals surface area contributed by atoms with E-state index in [4.69, 9.17) is 0 Å². The first-order valence-corrected chi connectivity index (χ1v) is 11.0. The number of sulfone groups is 1. The lowest BCUT2D eigenvalue weighted by Crippen LogP contribution is -2.53. The molecule has 5 nitrogen and oxygen atoms in total. The summed E-state index contributed by atoms with van der Waals surface area (Å²) in [6.07, 6.45) is 7.03. The Morgan fingerprint density at radius 3 is 2.70 bits per heavy atom. The molecular weight excluding hydrogens is 312 g/mol. The Kier molecular flexibility index (Phi) is 5.31. The summed E-state index contributed by atoms with van der Waals surface area (Å²) in [6, 6.07) is 0.574. The lowest BCUT2D eigenvalue weighted by molar-refractivity contribution is -0.124. The number of rotatable bonds is 4. The van der Waals surface area contributed by atoms with Crippen LogP contribution < -0.4 is 5.32 Å². The topological polar surface area (TPSA) is 66.5 Å². The lowest BCUT2D eigenvalue weighted by Gasteiger charge is -2.47. The summed E-state index contributed by atoms with van der Waals surface area (Å²) in [6.45, 7) is 4.37. The molecular formula is C17H30N2O3S. The zero-order chi connectivity index (χ0) is 16.4. The van der Waals surface area contributed by atoms with E-state index in [-0.39, 0.29) is 23.3 Å². The summed E-state index contributed by atoms with van der Waals surface area (Å²) in [4.78, 5) is 14.7. The van der Waals surface area contributed by atoms with Crippen LogP contribution in [0, 0.1) is 17.8 Å². The van der Waals surface area contributed by atoms with E-state index in [1.807, 2.05) is 0 Å². The van der Waals surface area contributed by atoms with Crippen LogP contribution in [-0.2, 0) is 14.6 Å². The van der Waals surface area contributed by atoms with Crippen molar-refractivity contribution in [2.75, 3.05) is 31.1 Å². The Bertz CT molecular complexity index is 534. The van der Waals surface area contributed by atoms with Crippen molar-refractivity contribution < 1.29 is 13.2 Å². The molecule has 0 aromatic heterocycles. The molecule has 1 N–H and O–H groups in total. The number of carbonyl (C=O) groups excluding carboxylic acids is 1. The first kappa shape index (κ1) is 17.2. The smallest absolute Gasteiger partial charge is 0.234 e. The molecule has 0 radical (unpaired) electrons. The van der Waals surface area contributed by atoms with Crippen LogP contribution >= 0.6 is 0 Å². The summed E-state index contributed by atoms with van der Waals surface area (Å²) >= 11 is 0. The van der Waals surface area contributed by atoms with Crippen LogP contribution in [0.1, 0.15) is 45.4 Å². The van der Waals surface area contributed by atoms with Crippen molar-refractivity contribution in [3.8, 4) is 0 Å². The highest BCUT2D eigenvalue weighted by atomic mass is 32.2. The van der Waals surface area contributed by atoms with Crippen molar-refractivity contribution in [1.29, 1.82) is 0 Å². The van der Waals surface area contributed by atoms with Gasteiger partial charge in [0.25, 0.3) is 0 Å². The first-order chi connectivity index (χ1) is 10.9. The molecule has 0 spiro atoms. The predicted octanol–water partition coefficient (Wildman–Crippen LogP) is 1.44. The lowest BCUT2D eigenvalue weighted by atomic mass is 9.72. The quantitative estimate of drug-likeness (QED) is 0.839. The second kappa shape index (κ2) is 7.09. The van der Waals surface area contributed by atoms with Crippen LogP contribution in [-0.4, -0.2) is 56.4 Å². The third-order valence-electron chi connectivity index (χ3n) is 6.11. The Morgan fingerprint density at radius 1 is 1.17 bits per heavy atom. The minimum atomic E-state index is -2.85. The van der Waals surface area contributed by atoms with E-state index in [1.165, 1.54) is 32.1 Å². The Hall–Kier alpha value is -0.620. The Balaban J connectivity index is 1.47. The van der Waals surface area contributed by atoms with E-state index in [2.05, 4.69) is 17.1 Å². The number of amides is 1. The summed E-state index contributed by atoms with van der Waals surface area (Å²) in [7, 11) is -2.85. The van der Waals surface area contributed by atoms with Crippen LogP contribution in [0.4, 0.5) is 0 Å². The third kappa shape index (κ3) is 4.27. The molecule has 4 unspecified atom stereocenters. The number of hydrogen-bond donors (Lipinski definition) is 1. The van der Waals surface area contributed by atoms with Crippen molar-refractivity contribution in [1.82, 2.24) is 10.2 Å². The van der Waals surface area contributed by atoms with Gasteiger partial charge in [0.15, 0.2) is 9.84 Å². The molecule has 0 bridgehead atoms. The summed E-state index contributed by atoms with van der Waals surface area (Å²) in [5, 5.41) is 2.97. The predicted molar refractivity (Wildman–Crippen MR) is 90.9 cm³/mol. The van der Waals surface area contributed by atoms with Gasteiger partial charge in [-0.15, -0.1) is 0 Å². The van der Waals surface area contributed by atoms with Crippen LogP contribution in [0.5, 0.6) is 0 Å². The van der Waals surface area contributed by atoms with Gasteiger partial charge in [-0.25, -0.2) is 8.42 Å². The number of carbonyl (C=O) groups is 1. The molecule has 1 amide bonds. The first-order valence-electron chi connectivity index (χ1n) is 9.16. The molecule has 23 heavy (non-hydrogen) atoms. The summed E-state index contributed by atoms with van der Waals surface area (Å²) in [5.74, 6) is 2.22. The van der Waals surface area contributed by atoms with Gasteiger partial charge < -0.3 is 5.32 Å². The van der Waals surface area contributed by atoms with Gasteiger partial charge in [0, 0.05) is 12.6 Å². The second-order valence-corrected chi connectivity index (χ2v) is 10.1. The van der Waals surface area contributed by atoms with Crippen molar-refractivity contribution in [2.45, 2.75) is 51.5 Å². The highest BCUT2D eigenvalue weighted by molar-refractivity contribution is 7.91. The maximum atomic E-state index is 12.3. The number of nitrogens with one attached hydrogen (secondary N) is 1. The minimum Gasteiger partial charge on any atom is -0.355 e. The molecule has 4 atom stereocenters. The van der Waals surface area contributed by atoms with Gasteiger partial charge in [-0.3, -0.25) is 9.69 Å². The van der Waals surface area contributed by atoms with Crippen LogP contribution in [0.15, 0.2) is 0 Å². The highest BCUT2D eigenvalue weighted by Gasteiger charge is 2.37. The average molecular weight is 343 g/mol. The van der Waals surface area contributed by atoms with E-state index in [0.717, 1.165) is 18.4 Å². The van der Waals surface area contributed by atoms with Gasteiger partial charge in [-0.05, 0) is 50.0 Å². The number of hydrogen-bond acceptors (Lipinski definition) is 4. The molecule has 0 aromatic carbocycles. The summed E-state index contributed by atoms with van der Waals surface area (Å²) < 4.78 is 22.9. The zero-order valence-corrected chi connectivity index (χ0v) is 15.0. The van der Waals surface area contributed by atoms with Crippen LogP contribution in [0.3, 0.4) is 0 Å². The number of likely N-dealkylation sites (tertiary alicyclic amines) is 1. The average Bonchev–Trinajstić information content (AvgIpc) is 2.88. The fourth-order valence-corrected chi connectivity index (χ4v) is 6.60. The number of nitrogens with zero attached hydrogens (tertiary/aromatic N) is 1. The molecule has 2 aliphatic heterocycles. The molecule has 6 heteroatoms. The SMILES string of the molecule is CC1CCN(CC(=O)NCC2CCS(=O)(=O)C2)C2CCCCC12. The molecule has 1 saturated carbocycles. The second-order valence-electron chi connectivity index (χ2n) is 7.83. The van der Waals surface area contributed by atoms with Gasteiger partial charge in [0.05, 0.1) is 18.1 Å². The van der Waals surface area contributed by atoms with Crippen molar-refractivity contribution >= 4 is 15.7 Å². The zero-order valence-electron chi connectivity index (χ0n) is 14.2. The maximum Gasteiger partial charge on any atom is 0.234 e. The highest BCUT2D eigenvalue weighted by Crippen LogP contribution is 2.38. The third-order valence-corrected chi connectivity index (χ3v) is 7.95. The Morgan fingerprint density at radius 2 is 1.96 bits per heavy atom. The van der Waals surface area contributed by atoms with Crippen LogP contribution in [0.25, 0.3) is 0 Å². The van der Waals surface area contributed by atoms with Crippen LogP contribution in [0.2, 0.25) is 0 Å². The van der Waals surface area contributed by atoms with E-state index in [9.17, 15) is 13.2 Å². The fraction of sp³-hybridized carbons (Fsp3) is 0.941. The molecule has 1 aliphatic carbocycles. The van der Waals surface area contributed by atoms with Gasteiger partial charge >= 0.3 is 0 Å². The molecule has 2 heterocycles. The van der Waals surface area contributed by atoms with E-state index in [0.29, 0.717) is 25.6 Å². The standard InChI is InChI=1S/C17H30N2O3S/c1-13-6-8-19(16-5-3-2-4-15(13)16)11-17(20)18-10-14-7-9-23(21,22)12-14/h13-16H,2-12H2,1H3,(H,18,20). The van der Waals surface area contributed by atoms with E-state index in [1.54, 1.807) is 0 Å². The number of piperidine rings is 1. The largest absolute Gasteiger partial charge is 0.355 e. The molecule has 3 fully saturated rings. The molecule has 3 aliphatic rings. The van der Waals surface area contributed by atoms with Gasteiger partial charge in [0.1, 0.15) is 0 Å². The van der Waals surface area contributed by atoms with Crippen molar-refractivity contribution in [2.24, 2.45) is 17.8 Å². The van der Waals surface area contributed by atoms with Gasteiger partial charge in [0.2, 0.25) is 5.91 Å². The summed E-state index contributed by atoms with van der Waals surface area (Å²) in [5.41, 5.74) is 0. The van der Waals surface area contributed by atoms with E-state index < -0.39 is 9.84 Å². The molecule has 132 valence electrons. The number of fused-ring (bicyclic) bond motifs is 1. The van der Waals surface area contributed by atoms with Gasteiger partial charge in [-0.2, -0.15) is 0 Å². The maximum absolute atomic E-state index is 12.3. The van der Waals surface area contributed by atoms with Gasteiger partial charge in [-0.1, -0.05) is 19.8 Å². The van der Waals surface area contributed by atoms with Crippen molar-refractivity contribution in [3.05, 3.63) is 0 Å². The van der Waals surface area contributed by atoms with Crippen molar-refractivity contribution in [3.63, 3.8) is 0 Å². The molecule has 3 rings (SSSR count). The van der Waals surface area contributed by atoms with E-state index >= 15 is 0 Å². The monoisotopic (exact) mass is 342 g/mol.